The van der Waals surface area contributed by atoms with Crippen molar-refractivity contribution in [3.63, 3.8) is 0 Å². The number of rotatable bonds is 19. The van der Waals surface area contributed by atoms with E-state index in [-0.39, 0.29) is 58.1 Å². The molecule has 0 radical (unpaired) electrons. The molecule has 13 nitrogen and oxygen atoms in total. The third-order valence-electron chi connectivity index (χ3n) is 16.7. The Kier molecular flexibility index (Phi) is 12.9. The zero-order chi connectivity index (χ0) is 41.0. The van der Waals surface area contributed by atoms with Crippen molar-refractivity contribution in [3.05, 3.63) is 0 Å². The standard InChI is InChI=1S/C44H80N6O7/c1-9-54-38(39(5,6)53)31-25-29(4)35-36(57-31)37(52)44(45)32-12-11-30(28(2)3)42(27-43(32,42)17-16-40(35,44)7)14-10-23-55-34-26-50(22-24-56-34)21-20-46-18-19-47-33(51)13-15-41(8)48-49-41/h28-32,34-38,46,48-49,52-53H,9-27,45H2,1-8H3,(H,47,51). The number of carbonyl (C=O) groups excluding carboxylic acids is 1. The molecule has 0 aromatic heterocycles. The van der Waals surface area contributed by atoms with Crippen molar-refractivity contribution >= 4 is 5.91 Å². The Morgan fingerprint density at radius 1 is 1.12 bits per heavy atom. The van der Waals surface area contributed by atoms with E-state index in [0.717, 1.165) is 77.7 Å². The van der Waals surface area contributed by atoms with Crippen LogP contribution in [0.4, 0.5) is 0 Å². The highest BCUT2D eigenvalue weighted by Crippen LogP contribution is 2.85. The van der Waals surface area contributed by atoms with Crippen LogP contribution in [0.1, 0.15) is 120 Å². The summed E-state index contributed by atoms with van der Waals surface area (Å²) >= 11 is 0. The number of morpholine rings is 1. The lowest BCUT2D eigenvalue weighted by atomic mass is 9.46. The van der Waals surface area contributed by atoms with Gasteiger partial charge in [0.05, 0.1) is 41.7 Å². The van der Waals surface area contributed by atoms with Gasteiger partial charge in [-0.2, -0.15) is 0 Å². The van der Waals surface area contributed by atoms with Crippen molar-refractivity contribution < 1.29 is 34.0 Å². The molecule has 57 heavy (non-hydrogen) atoms. The summed E-state index contributed by atoms with van der Waals surface area (Å²) < 4.78 is 25.5. The normalized spacial score (nSPS) is 42.8. The van der Waals surface area contributed by atoms with E-state index in [2.05, 4.69) is 61.0 Å². The predicted molar refractivity (Wildman–Crippen MR) is 220 cm³/mol. The lowest BCUT2D eigenvalue weighted by molar-refractivity contribution is -0.214. The molecule has 1 spiro atoms. The molecule has 1 amide bonds. The molecule has 0 aromatic rings. The lowest BCUT2D eigenvalue weighted by Crippen LogP contribution is -2.69. The van der Waals surface area contributed by atoms with E-state index in [1.54, 1.807) is 13.8 Å². The van der Waals surface area contributed by atoms with Crippen molar-refractivity contribution in [2.45, 2.75) is 167 Å². The number of nitrogens with zero attached hydrogens (tertiary/aromatic N) is 1. The Bertz CT molecular complexity index is 1400. The van der Waals surface area contributed by atoms with Crippen LogP contribution in [-0.4, -0.2) is 128 Å². The van der Waals surface area contributed by atoms with E-state index in [4.69, 9.17) is 24.7 Å². The molecule has 3 saturated heterocycles. The average molecular weight is 805 g/mol. The minimum atomic E-state index is -1.06. The average Bonchev–Trinajstić information content (AvgIpc) is 4.05. The van der Waals surface area contributed by atoms with Gasteiger partial charge in [0, 0.05) is 58.9 Å². The number of hydrogen-bond acceptors (Lipinski definition) is 12. The number of hydrogen-bond donors (Lipinski definition) is 7. The molecule has 13 atom stereocenters. The molecule has 0 bridgehead atoms. The topological polar surface area (TPSA) is 192 Å². The monoisotopic (exact) mass is 805 g/mol. The Balaban J connectivity index is 0.921. The molecule has 4 aliphatic carbocycles. The first-order chi connectivity index (χ1) is 26.9. The Morgan fingerprint density at radius 3 is 2.60 bits per heavy atom. The number of ether oxygens (including phenoxy) is 4. The molecule has 7 aliphatic rings. The maximum absolute atomic E-state index is 12.5. The van der Waals surface area contributed by atoms with Crippen LogP contribution < -0.4 is 27.2 Å². The molecule has 3 aliphatic heterocycles. The van der Waals surface area contributed by atoms with Gasteiger partial charge in [0.1, 0.15) is 6.10 Å². The molecule has 13 unspecified atom stereocenters. The number of nitrogens with one attached hydrogen (secondary N) is 4. The van der Waals surface area contributed by atoms with E-state index in [9.17, 15) is 15.0 Å². The molecular weight excluding hydrogens is 725 g/mol. The van der Waals surface area contributed by atoms with E-state index in [1.807, 2.05) is 6.92 Å². The first-order valence-electron chi connectivity index (χ1n) is 22.9. The van der Waals surface area contributed by atoms with Crippen molar-refractivity contribution in [2.75, 3.05) is 59.1 Å². The van der Waals surface area contributed by atoms with Gasteiger partial charge in [-0.1, -0.05) is 27.7 Å². The first kappa shape index (κ1) is 44.1. The lowest BCUT2D eigenvalue weighted by Gasteiger charge is -2.61. The number of carbonyl (C=O) groups is 1. The van der Waals surface area contributed by atoms with Crippen molar-refractivity contribution in [1.29, 1.82) is 0 Å². The predicted octanol–water partition coefficient (Wildman–Crippen LogP) is 3.27. The first-order valence-corrected chi connectivity index (χ1v) is 22.9. The summed E-state index contributed by atoms with van der Waals surface area (Å²) in [5.41, 5.74) is 12.3. The highest BCUT2D eigenvalue weighted by Gasteiger charge is 2.83. The van der Waals surface area contributed by atoms with E-state index in [1.165, 1.54) is 12.8 Å². The van der Waals surface area contributed by atoms with Crippen LogP contribution in [0.25, 0.3) is 0 Å². The number of nitrogens with two attached hydrogens (primary N) is 1. The maximum atomic E-state index is 12.5. The quantitative estimate of drug-likeness (QED) is 0.0747. The van der Waals surface area contributed by atoms with E-state index in [0.29, 0.717) is 50.5 Å². The molecular formula is C44H80N6O7. The van der Waals surface area contributed by atoms with Crippen LogP contribution in [-0.2, 0) is 23.7 Å². The molecule has 0 aromatic carbocycles. The van der Waals surface area contributed by atoms with Gasteiger partial charge in [0.15, 0.2) is 6.29 Å². The zero-order valence-electron chi connectivity index (χ0n) is 36.7. The van der Waals surface area contributed by atoms with Gasteiger partial charge >= 0.3 is 0 Å². The van der Waals surface area contributed by atoms with Gasteiger partial charge in [-0.05, 0) is 131 Å². The minimum absolute atomic E-state index is 0.0754. The molecule has 7 rings (SSSR count). The fourth-order valence-electron chi connectivity index (χ4n) is 13.9. The highest BCUT2D eigenvalue weighted by molar-refractivity contribution is 5.75. The number of fused-ring (bicyclic) bond motifs is 4. The summed E-state index contributed by atoms with van der Waals surface area (Å²) in [5, 5.41) is 30.1. The van der Waals surface area contributed by atoms with Gasteiger partial charge in [0.2, 0.25) is 5.91 Å². The van der Waals surface area contributed by atoms with Gasteiger partial charge in [0.25, 0.3) is 0 Å². The van der Waals surface area contributed by atoms with Crippen molar-refractivity contribution in [2.24, 2.45) is 51.6 Å². The molecule has 7 fully saturated rings. The number of amides is 1. The third kappa shape index (κ3) is 8.12. The van der Waals surface area contributed by atoms with E-state index < -0.39 is 23.3 Å². The Morgan fingerprint density at radius 2 is 1.89 bits per heavy atom. The van der Waals surface area contributed by atoms with Crippen LogP contribution in [0.3, 0.4) is 0 Å². The summed E-state index contributed by atoms with van der Waals surface area (Å²) in [5.74, 6) is 2.04. The zero-order valence-corrected chi connectivity index (χ0v) is 36.7. The number of aliphatic hydroxyl groups is 2. The highest BCUT2D eigenvalue weighted by atomic mass is 16.7. The summed E-state index contributed by atoms with van der Waals surface area (Å²) in [4.78, 5) is 14.5. The Hall–Kier alpha value is -0.970. The molecule has 13 heteroatoms. The SMILES string of the molecule is CCOC(C1CC(C)C2C(O1)C(O)C1(N)C3CCC(C(C)C)C4(CCCOC5CN(CCNCCNC(=O)CCC6(C)NN6)CCO5)CC34CCC21C)C(C)(C)O. The van der Waals surface area contributed by atoms with Gasteiger partial charge in [-0.25, -0.2) is 10.9 Å². The number of aliphatic hydroxyl groups excluding tert-OH is 1. The molecule has 4 saturated carbocycles. The number of hydrazine groups is 1. The van der Waals surface area contributed by atoms with E-state index >= 15 is 0 Å². The largest absolute Gasteiger partial charge is 0.388 e. The molecule has 328 valence electrons. The van der Waals surface area contributed by atoms with Gasteiger partial charge < -0.3 is 45.5 Å². The van der Waals surface area contributed by atoms with Crippen LogP contribution >= 0.6 is 0 Å². The summed E-state index contributed by atoms with van der Waals surface area (Å²) in [7, 11) is 0. The van der Waals surface area contributed by atoms with Crippen LogP contribution in [0.15, 0.2) is 0 Å². The summed E-state index contributed by atoms with van der Waals surface area (Å²) in [6.45, 7) is 23.8. The van der Waals surface area contributed by atoms with Crippen molar-refractivity contribution in [3.8, 4) is 0 Å². The smallest absolute Gasteiger partial charge is 0.220 e. The van der Waals surface area contributed by atoms with Crippen LogP contribution in [0, 0.1) is 45.8 Å². The van der Waals surface area contributed by atoms with Crippen LogP contribution in [0.2, 0.25) is 0 Å². The van der Waals surface area contributed by atoms with Crippen molar-refractivity contribution in [1.82, 2.24) is 26.4 Å². The minimum Gasteiger partial charge on any atom is -0.388 e. The second-order valence-corrected chi connectivity index (χ2v) is 20.9. The van der Waals surface area contributed by atoms with Gasteiger partial charge in [-0.3, -0.25) is 9.69 Å². The fraction of sp³-hybridized carbons (Fsp3) is 0.977. The second kappa shape index (κ2) is 16.7. The summed E-state index contributed by atoms with van der Waals surface area (Å²) in [6, 6.07) is 0. The third-order valence-corrected chi connectivity index (χ3v) is 16.7. The molecule has 3 heterocycles. The maximum Gasteiger partial charge on any atom is 0.220 e. The Labute approximate surface area is 343 Å². The van der Waals surface area contributed by atoms with Crippen LogP contribution in [0.5, 0.6) is 0 Å². The van der Waals surface area contributed by atoms with Gasteiger partial charge in [-0.15, -0.1) is 0 Å². The molecule has 8 N–H and O–H groups in total. The summed E-state index contributed by atoms with van der Waals surface area (Å²) in [6.07, 6.45) is 7.73. The second-order valence-electron chi connectivity index (χ2n) is 20.9. The fourth-order valence-corrected chi connectivity index (χ4v) is 13.9.